The normalized spacial score (nSPS) is 19.1. The van der Waals surface area contributed by atoms with Gasteiger partial charge in [-0.3, -0.25) is 9.78 Å². The molecule has 0 bridgehead atoms. The van der Waals surface area contributed by atoms with Gasteiger partial charge in [0, 0.05) is 31.5 Å². The summed E-state index contributed by atoms with van der Waals surface area (Å²) in [5.41, 5.74) is 1.39. The number of rotatable bonds is 3. The summed E-state index contributed by atoms with van der Waals surface area (Å²) >= 11 is 0. The molecule has 1 saturated heterocycles. The Morgan fingerprint density at radius 3 is 3.20 bits per heavy atom. The number of carbonyl (C=O) groups is 1. The number of nitrogens with zero attached hydrogens (tertiary/aromatic N) is 4. The van der Waals surface area contributed by atoms with Gasteiger partial charge in [0.15, 0.2) is 0 Å². The van der Waals surface area contributed by atoms with Crippen LogP contribution in [-0.4, -0.2) is 51.1 Å². The highest BCUT2D eigenvalue weighted by atomic mass is 16.2. The van der Waals surface area contributed by atoms with Gasteiger partial charge in [0.1, 0.15) is 0 Å². The molecule has 106 valence electrons. The van der Waals surface area contributed by atoms with E-state index in [1.165, 1.54) is 0 Å². The Morgan fingerprint density at radius 1 is 1.55 bits per heavy atom. The third-order valence-corrected chi connectivity index (χ3v) is 3.87. The molecule has 0 aromatic carbocycles. The maximum atomic E-state index is 12.8. The minimum Gasteiger partial charge on any atom is -0.335 e. The largest absolute Gasteiger partial charge is 0.335 e. The fraction of sp³-hybridized carbons (Fsp3) is 0.500. The second-order valence-corrected chi connectivity index (χ2v) is 5.06. The number of fused-ring (bicyclic) bond motifs is 1. The molecule has 20 heavy (non-hydrogen) atoms. The smallest absolute Gasteiger partial charge is 0.258 e. The lowest BCUT2D eigenvalue weighted by molar-refractivity contribution is 0.0664. The zero-order chi connectivity index (χ0) is 13.9. The molecule has 6 heteroatoms. The number of likely N-dealkylation sites (N-methyl/N-ethyl adjacent to an activating group) is 1. The summed E-state index contributed by atoms with van der Waals surface area (Å²) in [6.45, 7) is 4.65. The molecular formula is C14H19N5O. The predicted octanol–water partition coefficient (Wildman–Crippen LogP) is 0.943. The van der Waals surface area contributed by atoms with E-state index >= 15 is 0 Å². The molecule has 0 radical (unpaired) electrons. The minimum atomic E-state index is 0.0456. The first-order valence-electron chi connectivity index (χ1n) is 7.10. The van der Waals surface area contributed by atoms with Gasteiger partial charge >= 0.3 is 0 Å². The quantitative estimate of drug-likeness (QED) is 0.904. The molecule has 1 unspecified atom stereocenters. The van der Waals surface area contributed by atoms with Crippen LogP contribution in [0.5, 0.6) is 0 Å². The Kier molecular flexibility index (Phi) is 3.64. The first-order valence-corrected chi connectivity index (χ1v) is 7.10. The van der Waals surface area contributed by atoms with Crippen LogP contribution in [0.4, 0.5) is 0 Å². The topological polar surface area (TPSA) is 62.5 Å². The van der Waals surface area contributed by atoms with Gasteiger partial charge in [0.05, 0.1) is 23.5 Å². The summed E-state index contributed by atoms with van der Waals surface area (Å²) in [5, 5.41) is 7.57. The summed E-state index contributed by atoms with van der Waals surface area (Å²) in [5.74, 6) is 0.0456. The zero-order valence-electron chi connectivity index (χ0n) is 11.6. The average Bonchev–Trinajstić information content (AvgIpc) is 2.93. The average molecular weight is 273 g/mol. The van der Waals surface area contributed by atoms with Crippen LogP contribution < -0.4 is 5.32 Å². The fourth-order valence-electron chi connectivity index (χ4n) is 2.82. The van der Waals surface area contributed by atoms with Gasteiger partial charge < -0.3 is 10.2 Å². The monoisotopic (exact) mass is 273 g/mol. The number of carbonyl (C=O) groups excluding carboxylic acids is 1. The SMILES string of the molecule is CCN(C(=O)c1cnn2ccncc12)C1CCCNC1. The van der Waals surface area contributed by atoms with Crippen molar-refractivity contribution in [3.63, 3.8) is 0 Å². The van der Waals surface area contributed by atoms with E-state index in [1.807, 2.05) is 11.8 Å². The lowest BCUT2D eigenvalue weighted by Gasteiger charge is -2.33. The molecule has 2 aromatic heterocycles. The summed E-state index contributed by atoms with van der Waals surface area (Å²) in [6.07, 6.45) is 8.92. The van der Waals surface area contributed by atoms with Crippen molar-refractivity contribution < 1.29 is 4.79 Å². The molecule has 1 aliphatic rings. The number of hydrogen-bond donors (Lipinski definition) is 1. The van der Waals surface area contributed by atoms with Crippen molar-refractivity contribution in [2.75, 3.05) is 19.6 Å². The Bertz CT molecular complexity index is 602. The summed E-state index contributed by atoms with van der Waals surface area (Å²) in [4.78, 5) is 18.8. The van der Waals surface area contributed by atoms with E-state index in [-0.39, 0.29) is 11.9 Å². The molecule has 1 aliphatic heterocycles. The van der Waals surface area contributed by atoms with Crippen LogP contribution in [0.1, 0.15) is 30.1 Å². The Labute approximate surface area is 117 Å². The molecule has 2 aromatic rings. The fourth-order valence-corrected chi connectivity index (χ4v) is 2.82. The van der Waals surface area contributed by atoms with Gasteiger partial charge in [0.25, 0.3) is 5.91 Å². The molecular weight excluding hydrogens is 254 g/mol. The van der Waals surface area contributed by atoms with E-state index in [2.05, 4.69) is 15.4 Å². The summed E-state index contributed by atoms with van der Waals surface area (Å²) in [6, 6.07) is 0.271. The van der Waals surface area contributed by atoms with Crippen LogP contribution >= 0.6 is 0 Å². The third kappa shape index (κ3) is 2.27. The van der Waals surface area contributed by atoms with E-state index in [0.29, 0.717) is 12.1 Å². The molecule has 3 heterocycles. The molecule has 3 rings (SSSR count). The Balaban J connectivity index is 1.89. The van der Waals surface area contributed by atoms with Gasteiger partial charge in [-0.1, -0.05) is 0 Å². The van der Waals surface area contributed by atoms with Crippen molar-refractivity contribution in [2.45, 2.75) is 25.8 Å². The molecule has 0 saturated carbocycles. The van der Waals surface area contributed by atoms with Gasteiger partial charge in [-0.2, -0.15) is 5.10 Å². The molecule has 1 amide bonds. The number of amides is 1. The van der Waals surface area contributed by atoms with Crippen LogP contribution in [0.15, 0.2) is 24.8 Å². The Hall–Kier alpha value is -1.95. The predicted molar refractivity (Wildman–Crippen MR) is 75.6 cm³/mol. The standard InChI is InChI=1S/C14H19N5O/c1-2-18(11-4-3-5-15-8-11)14(20)12-9-17-19-7-6-16-10-13(12)19/h6-7,9-11,15H,2-5,8H2,1H3. The number of nitrogens with one attached hydrogen (secondary N) is 1. The molecule has 1 fully saturated rings. The maximum Gasteiger partial charge on any atom is 0.258 e. The van der Waals surface area contributed by atoms with Crippen molar-refractivity contribution in [3.8, 4) is 0 Å². The van der Waals surface area contributed by atoms with E-state index in [0.717, 1.165) is 31.4 Å². The minimum absolute atomic E-state index is 0.0456. The highest BCUT2D eigenvalue weighted by Crippen LogP contribution is 2.17. The van der Waals surface area contributed by atoms with Crippen molar-refractivity contribution >= 4 is 11.4 Å². The van der Waals surface area contributed by atoms with Crippen molar-refractivity contribution in [1.82, 2.24) is 24.8 Å². The van der Waals surface area contributed by atoms with E-state index < -0.39 is 0 Å². The molecule has 6 nitrogen and oxygen atoms in total. The molecule has 0 spiro atoms. The van der Waals surface area contributed by atoms with Crippen LogP contribution in [0.3, 0.4) is 0 Å². The van der Waals surface area contributed by atoms with E-state index in [4.69, 9.17) is 0 Å². The summed E-state index contributed by atoms with van der Waals surface area (Å²) in [7, 11) is 0. The highest BCUT2D eigenvalue weighted by molar-refractivity contribution is 6.00. The third-order valence-electron chi connectivity index (χ3n) is 3.87. The Morgan fingerprint density at radius 2 is 2.45 bits per heavy atom. The first kappa shape index (κ1) is 13.1. The summed E-state index contributed by atoms with van der Waals surface area (Å²) < 4.78 is 1.69. The maximum absolute atomic E-state index is 12.8. The van der Waals surface area contributed by atoms with Gasteiger partial charge in [0.2, 0.25) is 0 Å². The lowest BCUT2D eigenvalue weighted by atomic mass is 10.0. The highest BCUT2D eigenvalue weighted by Gasteiger charge is 2.26. The first-order chi connectivity index (χ1) is 9.81. The lowest BCUT2D eigenvalue weighted by Crippen LogP contribution is -2.48. The van der Waals surface area contributed by atoms with Crippen molar-refractivity contribution in [1.29, 1.82) is 0 Å². The van der Waals surface area contributed by atoms with Crippen LogP contribution in [0.25, 0.3) is 5.52 Å². The second kappa shape index (κ2) is 5.58. The van der Waals surface area contributed by atoms with Gasteiger partial charge in [-0.15, -0.1) is 0 Å². The van der Waals surface area contributed by atoms with E-state index in [1.54, 1.807) is 29.3 Å². The molecule has 1 atom stereocenters. The van der Waals surface area contributed by atoms with Gasteiger partial charge in [-0.25, -0.2) is 4.52 Å². The van der Waals surface area contributed by atoms with Crippen molar-refractivity contribution in [2.24, 2.45) is 0 Å². The van der Waals surface area contributed by atoms with Crippen molar-refractivity contribution in [3.05, 3.63) is 30.4 Å². The van der Waals surface area contributed by atoms with Crippen LogP contribution in [-0.2, 0) is 0 Å². The van der Waals surface area contributed by atoms with Crippen LogP contribution in [0.2, 0.25) is 0 Å². The van der Waals surface area contributed by atoms with Crippen LogP contribution in [0, 0.1) is 0 Å². The number of aromatic nitrogens is 3. The number of hydrogen-bond acceptors (Lipinski definition) is 4. The second-order valence-electron chi connectivity index (χ2n) is 5.06. The zero-order valence-corrected chi connectivity index (χ0v) is 11.6. The molecule has 1 N–H and O–H groups in total. The molecule has 0 aliphatic carbocycles. The number of piperidine rings is 1. The van der Waals surface area contributed by atoms with Gasteiger partial charge in [-0.05, 0) is 26.3 Å². The van der Waals surface area contributed by atoms with E-state index in [9.17, 15) is 4.79 Å².